The van der Waals surface area contributed by atoms with Crippen molar-refractivity contribution in [3.63, 3.8) is 0 Å². The minimum atomic E-state index is -0.0512. The lowest BCUT2D eigenvalue weighted by molar-refractivity contribution is -0.107. The maximum atomic E-state index is 11.6. The Hall–Kier alpha value is -1.16. The first kappa shape index (κ1) is 10.4. The predicted molar refractivity (Wildman–Crippen MR) is 59.9 cm³/mol. The van der Waals surface area contributed by atoms with E-state index in [4.69, 9.17) is 0 Å². The molecule has 78 valence electrons. The molecule has 0 unspecified atom stereocenters. The highest BCUT2D eigenvalue weighted by Gasteiger charge is 2.19. The molecule has 0 spiro atoms. The van der Waals surface area contributed by atoms with E-state index < -0.39 is 0 Å². The van der Waals surface area contributed by atoms with E-state index in [1.807, 2.05) is 6.07 Å². The molecule has 1 heterocycles. The fourth-order valence-corrected chi connectivity index (χ4v) is 2.47. The molecule has 0 radical (unpaired) electrons. The number of carbonyl (C=O) groups is 2. The van der Waals surface area contributed by atoms with E-state index in [2.05, 4.69) is 21.2 Å². The zero-order chi connectivity index (χ0) is 10.8. The predicted octanol–water partition coefficient (Wildman–Crippen LogP) is 1.48. The van der Waals surface area contributed by atoms with Crippen LogP contribution in [-0.4, -0.2) is 18.7 Å². The van der Waals surface area contributed by atoms with Crippen molar-refractivity contribution in [2.75, 3.05) is 6.54 Å². The van der Waals surface area contributed by atoms with Crippen LogP contribution in [0.25, 0.3) is 0 Å². The first-order valence-corrected chi connectivity index (χ1v) is 5.55. The Morgan fingerprint density at radius 2 is 2.27 bits per heavy atom. The van der Waals surface area contributed by atoms with Crippen molar-refractivity contribution in [2.45, 2.75) is 12.8 Å². The van der Waals surface area contributed by atoms with Crippen molar-refractivity contribution in [3.05, 3.63) is 33.3 Å². The molecule has 1 aromatic carbocycles. The summed E-state index contributed by atoms with van der Waals surface area (Å²) in [6, 6.07) is 3.70. The van der Waals surface area contributed by atoms with Gasteiger partial charge in [0.15, 0.2) is 0 Å². The van der Waals surface area contributed by atoms with E-state index in [1.165, 1.54) is 0 Å². The molecule has 2 rings (SSSR count). The van der Waals surface area contributed by atoms with Crippen LogP contribution in [0.2, 0.25) is 0 Å². The Bertz CT molecular complexity index is 429. The lowest BCUT2D eigenvalue weighted by Gasteiger charge is -2.18. The fraction of sp³-hybridized carbons (Fsp3) is 0.273. The third kappa shape index (κ3) is 1.95. The minimum Gasteiger partial charge on any atom is -0.352 e. The van der Waals surface area contributed by atoms with Gasteiger partial charge in [-0.1, -0.05) is 15.9 Å². The third-order valence-electron chi connectivity index (χ3n) is 2.48. The number of fused-ring (bicyclic) bond motifs is 1. The molecule has 4 heteroatoms. The Morgan fingerprint density at radius 3 is 3.00 bits per heavy atom. The van der Waals surface area contributed by atoms with Gasteiger partial charge in [-0.05, 0) is 29.7 Å². The van der Waals surface area contributed by atoms with Gasteiger partial charge in [0.1, 0.15) is 6.29 Å². The van der Waals surface area contributed by atoms with Gasteiger partial charge >= 0.3 is 0 Å². The SMILES string of the molecule is O=CCc1cc(Br)c2c(c1)C(=O)NCC2. The molecule has 1 aromatic rings. The molecule has 1 amide bonds. The van der Waals surface area contributed by atoms with E-state index >= 15 is 0 Å². The van der Waals surface area contributed by atoms with Crippen molar-refractivity contribution in [1.82, 2.24) is 5.32 Å². The van der Waals surface area contributed by atoms with Gasteiger partial charge in [-0.2, -0.15) is 0 Å². The van der Waals surface area contributed by atoms with Crippen LogP contribution in [0.15, 0.2) is 16.6 Å². The standard InChI is InChI=1S/C11H10BrNO2/c12-10-6-7(2-4-14)5-9-8(10)1-3-13-11(9)15/h4-6H,1-3H2,(H,13,15). The molecule has 0 saturated carbocycles. The van der Waals surface area contributed by atoms with E-state index in [-0.39, 0.29) is 5.91 Å². The number of nitrogens with one attached hydrogen (secondary N) is 1. The zero-order valence-corrected chi connectivity index (χ0v) is 9.63. The Morgan fingerprint density at radius 1 is 1.47 bits per heavy atom. The summed E-state index contributed by atoms with van der Waals surface area (Å²) in [5.41, 5.74) is 2.59. The summed E-state index contributed by atoms with van der Waals surface area (Å²) in [5.74, 6) is -0.0512. The van der Waals surface area contributed by atoms with Crippen LogP contribution < -0.4 is 5.32 Å². The van der Waals surface area contributed by atoms with Gasteiger partial charge in [0.2, 0.25) is 0 Å². The van der Waals surface area contributed by atoms with Crippen molar-refractivity contribution >= 4 is 28.1 Å². The molecule has 0 aliphatic carbocycles. The molecular weight excluding hydrogens is 258 g/mol. The molecular formula is C11H10BrNO2. The summed E-state index contributed by atoms with van der Waals surface area (Å²) in [4.78, 5) is 22.0. The highest BCUT2D eigenvalue weighted by Crippen LogP contribution is 2.25. The second-order valence-electron chi connectivity index (χ2n) is 3.48. The number of benzene rings is 1. The van der Waals surface area contributed by atoms with E-state index in [0.29, 0.717) is 18.5 Å². The van der Waals surface area contributed by atoms with Gasteiger partial charge in [-0.15, -0.1) is 0 Å². The Labute approximate surface area is 96.0 Å². The van der Waals surface area contributed by atoms with Crippen LogP contribution in [-0.2, 0) is 17.6 Å². The molecule has 0 fully saturated rings. The smallest absolute Gasteiger partial charge is 0.251 e. The molecule has 1 aliphatic rings. The second kappa shape index (κ2) is 4.14. The lowest BCUT2D eigenvalue weighted by Crippen LogP contribution is -2.32. The molecule has 0 bridgehead atoms. The van der Waals surface area contributed by atoms with Crippen LogP contribution in [0.4, 0.5) is 0 Å². The first-order valence-electron chi connectivity index (χ1n) is 4.75. The summed E-state index contributed by atoms with van der Waals surface area (Å²) in [6.07, 6.45) is 2.02. The van der Waals surface area contributed by atoms with Gasteiger partial charge in [0, 0.05) is 23.0 Å². The summed E-state index contributed by atoms with van der Waals surface area (Å²) in [5, 5.41) is 2.79. The number of carbonyl (C=O) groups excluding carboxylic acids is 2. The van der Waals surface area contributed by atoms with Crippen LogP contribution >= 0.6 is 15.9 Å². The summed E-state index contributed by atoms with van der Waals surface area (Å²) >= 11 is 3.43. The van der Waals surface area contributed by atoms with Crippen molar-refractivity contribution < 1.29 is 9.59 Å². The summed E-state index contributed by atoms with van der Waals surface area (Å²) in [7, 11) is 0. The summed E-state index contributed by atoms with van der Waals surface area (Å²) < 4.78 is 0.923. The van der Waals surface area contributed by atoms with E-state index in [0.717, 1.165) is 28.3 Å². The zero-order valence-electron chi connectivity index (χ0n) is 8.05. The van der Waals surface area contributed by atoms with Crippen molar-refractivity contribution in [3.8, 4) is 0 Å². The second-order valence-corrected chi connectivity index (χ2v) is 4.33. The highest BCUT2D eigenvalue weighted by molar-refractivity contribution is 9.10. The average molecular weight is 268 g/mol. The lowest BCUT2D eigenvalue weighted by atomic mass is 9.97. The quantitative estimate of drug-likeness (QED) is 0.826. The largest absolute Gasteiger partial charge is 0.352 e. The van der Waals surface area contributed by atoms with E-state index in [1.54, 1.807) is 6.07 Å². The van der Waals surface area contributed by atoms with Crippen molar-refractivity contribution in [2.24, 2.45) is 0 Å². The van der Waals surface area contributed by atoms with Crippen molar-refractivity contribution in [1.29, 1.82) is 0 Å². The molecule has 0 atom stereocenters. The Balaban J connectivity index is 2.51. The number of rotatable bonds is 2. The number of aldehydes is 1. The average Bonchev–Trinajstić information content (AvgIpc) is 2.20. The molecule has 1 aliphatic heterocycles. The molecule has 3 nitrogen and oxygen atoms in total. The van der Waals surface area contributed by atoms with Crippen LogP contribution in [0.5, 0.6) is 0 Å². The van der Waals surface area contributed by atoms with Gasteiger partial charge in [-0.25, -0.2) is 0 Å². The molecule has 0 saturated heterocycles. The van der Waals surface area contributed by atoms with Gasteiger partial charge in [-0.3, -0.25) is 4.79 Å². The normalized spacial score (nSPS) is 14.3. The van der Waals surface area contributed by atoms with Gasteiger partial charge in [0.05, 0.1) is 0 Å². The topological polar surface area (TPSA) is 46.2 Å². The number of hydrogen-bond acceptors (Lipinski definition) is 2. The maximum Gasteiger partial charge on any atom is 0.251 e. The highest BCUT2D eigenvalue weighted by atomic mass is 79.9. The van der Waals surface area contributed by atoms with Crippen LogP contribution in [0.1, 0.15) is 21.5 Å². The number of halogens is 1. The van der Waals surface area contributed by atoms with Crippen LogP contribution in [0.3, 0.4) is 0 Å². The monoisotopic (exact) mass is 267 g/mol. The maximum absolute atomic E-state index is 11.6. The fourth-order valence-electron chi connectivity index (χ4n) is 1.76. The third-order valence-corrected chi connectivity index (χ3v) is 3.19. The van der Waals surface area contributed by atoms with Gasteiger partial charge < -0.3 is 10.1 Å². The first-order chi connectivity index (χ1) is 7.22. The van der Waals surface area contributed by atoms with Gasteiger partial charge in [0.25, 0.3) is 5.91 Å². The molecule has 1 N–H and O–H groups in total. The summed E-state index contributed by atoms with van der Waals surface area (Å²) in [6.45, 7) is 0.678. The van der Waals surface area contributed by atoms with Crippen LogP contribution in [0, 0.1) is 0 Å². The Kier molecular flexibility index (Phi) is 2.86. The molecule has 15 heavy (non-hydrogen) atoms. The number of amides is 1. The minimum absolute atomic E-state index is 0.0512. The number of hydrogen-bond donors (Lipinski definition) is 1. The molecule has 0 aromatic heterocycles. The van der Waals surface area contributed by atoms with E-state index in [9.17, 15) is 9.59 Å².